The molecular formula is C17H20N2O2. The van der Waals surface area contributed by atoms with Crippen molar-refractivity contribution in [3.05, 3.63) is 65.2 Å². The second-order valence-corrected chi connectivity index (χ2v) is 4.83. The topological polar surface area (TPSA) is 64.3 Å². The summed E-state index contributed by atoms with van der Waals surface area (Å²) < 4.78 is 5.58. The summed E-state index contributed by atoms with van der Waals surface area (Å²) >= 11 is 0. The minimum atomic E-state index is -0.113. The Morgan fingerprint density at radius 1 is 1.19 bits per heavy atom. The van der Waals surface area contributed by atoms with E-state index in [1.165, 1.54) is 0 Å². The van der Waals surface area contributed by atoms with E-state index in [1.54, 1.807) is 12.1 Å². The van der Waals surface area contributed by atoms with Gasteiger partial charge in [0.1, 0.15) is 12.4 Å². The molecule has 21 heavy (non-hydrogen) atoms. The number of nitrogens with two attached hydrogens (primary N) is 1. The molecule has 0 aliphatic rings. The van der Waals surface area contributed by atoms with Gasteiger partial charge in [-0.2, -0.15) is 0 Å². The molecule has 2 rings (SSSR count). The summed E-state index contributed by atoms with van der Waals surface area (Å²) in [6, 6.07) is 15.1. The zero-order valence-corrected chi connectivity index (χ0v) is 12.1. The molecule has 0 aliphatic carbocycles. The third-order valence-electron chi connectivity index (χ3n) is 3.07. The molecule has 0 spiro atoms. The number of ether oxygens (including phenoxy) is 1. The molecule has 0 bridgehead atoms. The maximum atomic E-state index is 12.0. The van der Waals surface area contributed by atoms with Crippen molar-refractivity contribution in [2.75, 3.05) is 13.2 Å². The lowest BCUT2D eigenvalue weighted by molar-refractivity contribution is 0.0947. The van der Waals surface area contributed by atoms with Gasteiger partial charge in [0.25, 0.3) is 5.91 Å². The number of benzene rings is 2. The van der Waals surface area contributed by atoms with Gasteiger partial charge >= 0.3 is 0 Å². The zero-order valence-electron chi connectivity index (χ0n) is 12.1. The quantitative estimate of drug-likeness (QED) is 0.800. The monoisotopic (exact) mass is 284 g/mol. The summed E-state index contributed by atoms with van der Waals surface area (Å²) in [5.74, 6) is 0.701. The highest BCUT2D eigenvalue weighted by molar-refractivity contribution is 5.94. The van der Waals surface area contributed by atoms with E-state index in [2.05, 4.69) is 5.32 Å². The lowest BCUT2D eigenvalue weighted by Gasteiger charge is -2.09. The van der Waals surface area contributed by atoms with E-state index in [-0.39, 0.29) is 5.91 Å². The summed E-state index contributed by atoms with van der Waals surface area (Å²) in [5, 5.41) is 2.83. The summed E-state index contributed by atoms with van der Waals surface area (Å²) in [4.78, 5) is 12.0. The molecule has 4 nitrogen and oxygen atoms in total. The minimum absolute atomic E-state index is 0.113. The lowest BCUT2D eigenvalue weighted by Crippen LogP contribution is -2.28. The van der Waals surface area contributed by atoms with E-state index in [4.69, 9.17) is 10.5 Å². The van der Waals surface area contributed by atoms with E-state index in [9.17, 15) is 4.79 Å². The van der Waals surface area contributed by atoms with Crippen LogP contribution in [-0.4, -0.2) is 19.1 Å². The van der Waals surface area contributed by atoms with Crippen molar-refractivity contribution in [1.82, 2.24) is 5.32 Å². The van der Waals surface area contributed by atoms with Crippen LogP contribution in [0.2, 0.25) is 0 Å². The van der Waals surface area contributed by atoms with Crippen molar-refractivity contribution < 1.29 is 9.53 Å². The second-order valence-electron chi connectivity index (χ2n) is 4.83. The van der Waals surface area contributed by atoms with E-state index in [1.807, 2.05) is 43.3 Å². The number of amides is 1. The zero-order chi connectivity index (χ0) is 15.1. The maximum Gasteiger partial charge on any atom is 0.251 e. The second kappa shape index (κ2) is 7.45. The van der Waals surface area contributed by atoms with Crippen LogP contribution >= 0.6 is 0 Å². The fourth-order valence-electron chi connectivity index (χ4n) is 1.98. The molecule has 0 saturated heterocycles. The molecule has 1 amide bonds. The fraction of sp³-hybridized carbons (Fsp3) is 0.235. The van der Waals surface area contributed by atoms with Gasteiger partial charge in [0.15, 0.2) is 0 Å². The first-order valence-corrected chi connectivity index (χ1v) is 6.96. The van der Waals surface area contributed by atoms with Crippen LogP contribution in [0.1, 0.15) is 21.5 Å². The number of nitrogens with one attached hydrogen (secondary N) is 1. The van der Waals surface area contributed by atoms with Gasteiger partial charge in [-0.25, -0.2) is 0 Å². The van der Waals surface area contributed by atoms with Gasteiger partial charge in [-0.1, -0.05) is 24.3 Å². The van der Waals surface area contributed by atoms with Gasteiger partial charge in [0, 0.05) is 12.1 Å². The van der Waals surface area contributed by atoms with E-state index in [0.29, 0.717) is 25.3 Å². The summed E-state index contributed by atoms with van der Waals surface area (Å²) in [7, 11) is 0. The Labute approximate surface area is 124 Å². The number of aryl methyl sites for hydroxylation is 1. The summed E-state index contributed by atoms with van der Waals surface area (Å²) in [6.07, 6.45) is 0. The molecule has 2 aromatic rings. The third kappa shape index (κ3) is 4.61. The first-order valence-electron chi connectivity index (χ1n) is 6.96. The number of carbonyl (C=O) groups excluding carboxylic acids is 1. The largest absolute Gasteiger partial charge is 0.492 e. The van der Waals surface area contributed by atoms with Crippen LogP contribution in [0.15, 0.2) is 48.5 Å². The average Bonchev–Trinajstić information content (AvgIpc) is 2.51. The molecule has 110 valence electrons. The Bertz CT molecular complexity index is 611. The molecule has 4 heteroatoms. The van der Waals surface area contributed by atoms with Gasteiger partial charge in [-0.05, 0) is 42.3 Å². The Kier molecular flexibility index (Phi) is 5.35. The molecular weight excluding hydrogens is 264 g/mol. The van der Waals surface area contributed by atoms with Crippen molar-refractivity contribution in [1.29, 1.82) is 0 Å². The Morgan fingerprint density at radius 3 is 2.76 bits per heavy atom. The molecule has 0 fully saturated rings. The van der Waals surface area contributed by atoms with Crippen molar-refractivity contribution in [2.24, 2.45) is 5.73 Å². The van der Waals surface area contributed by atoms with E-state index >= 15 is 0 Å². The molecule has 0 atom stereocenters. The van der Waals surface area contributed by atoms with Gasteiger partial charge in [-0.15, -0.1) is 0 Å². The first-order chi connectivity index (χ1) is 10.2. The smallest absolute Gasteiger partial charge is 0.251 e. The molecule has 0 saturated carbocycles. The predicted molar refractivity (Wildman–Crippen MR) is 83.3 cm³/mol. The van der Waals surface area contributed by atoms with Gasteiger partial charge in [0.05, 0.1) is 6.54 Å². The molecule has 0 unspecified atom stereocenters. The van der Waals surface area contributed by atoms with Crippen LogP contribution in [0.3, 0.4) is 0 Å². The van der Waals surface area contributed by atoms with Crippen molar-refractivity contribution in [2.45, 2.75) is 13.5 Å². The third-order valence-corrected chi connectivity index (χ3v) is 3.07. The SMILES string of the molecule is Cc1cccc(OCCNC(=O)c2cccc(CN)c2)c1. The Hall–Kier alpha value is -2.33. The van der Waals surface area contributed by atoms with Crippen LogP contribution in [0.25, 0.3) is 0 Å². The Balaban J connectivity index is 1.79. The van der Waals surface area contributed by atoms with Gasteiger partial charge in [0.2, 0.25) is 0 Å². The van der Waals surface area contributed by atoms with Crippen LogP contribution in [0.4, 0.5) is 0 Å². The number of carbonyl (C=O) groups is 1. The summed E-state index contributed by atoms with van der Waals surface area (Å²) in [5.41, 5.74) is 8.28. The minimum Gasteiger partial charge on any atom is -0.492 e. The maximum absolute atomic E-state index is 12.0. The highest BCUT2D eigenvalue weighted by atomic mass is 16.5. The van der Waals surface area contributed by atoms with Crippen molar-refractivity contribution >= 4 is 5.91 Å². The number of hydrogen-bond acceptors (Lipinski definition) is 3. The molecule has 3 N–H and O–H groups in total. The van der Waals surface area contributed by atoms with Gasteiger partial charge < -0.3 is 15.8 Å². The number of rotatable bonds is 6. The Morgan fingerprint density at radius 2 is 2.00 bits per heavy atom. The van der Waals surface area contributed by atoms with Crippen LogP contribution in [0.5, 0.6) is 5.75 Å². The standard InChI is InChI=1S/C17H20N2O2/c1-13-4-2-7-16(10-13)21-9-8-19-17(20)15-6-3-5-14(11-15)12-18/h2-7,10-11H,8-9,12,18H2,1H3,(H,19,20). The highest BCUT2D eigenvalue weighted by Gasteiger charge is 2.05. The molecule has 2 aromatic carbocycles. The average molecular weight is 284 g/mol. The molecule has 0 aromatic heterocycles. The molecule has 0 radical (unpaired) electrons. The normalized spacial score (nSPS) is 10.2. The predicted octanol–water partition coefficient (Wildman–Crippen LogP) is 2.26. The van der Waals surface area contributed by atoms with Gasteiger partial charge in [-0.3, -0.25) is 4.79 Å². The van der Waals surface area contributed by atoms with E-state index in [0.717, 1.165) is 16.9 Å². The first kappa shape index (κ1) is 15.1. The molecule has 0 aliphatic heterocycles. The molecule has 0 heterocycles. The highest BCUT2D eigenvalue weighted by Crippen LogP contribution is 2.11. The van der Waals surface area contributed by atoms with E-state index < -0.39 is 0 Å². The fourth-order valence-corrected chi connectivity index (χ4v) is 1.98. The number of hydrogen-bond donors (Lipinski definition) is 2. The van der Waals surface area contributed by atoms with Crippen LogP contribution in [-0.2, 0) is 6.54 Å². The lowest BCUT2D eigenvalue weighted by atomic mass is 10.1. The van der Waals surface area contributed by atoms with Crippen molar-refractivity contribution in [3.8, 4) is 5.75 Å². The van der Waals surface area contributed by atoms with Crippen molar-refractivity contribution in [3.63, 3.8) is 0 Å². The van der Waals surface area contributed by atoms with Crippen LogP contribution in [0, 0.1) is 6.92 Å². The van der Waals surface area contributed by atoms with Crippen LogP contribution < -0.4 is 15.8 Å². The summed E-state index contributed by atoms with van der Waals surface area (Å²) in [6.45, 7) is 3.34.